The maximum absolute atomic E-state index is 11.9. The molecule has 0 saturated heterocycles. The third-order valence-electron chi connectivity index (χ3n) is 3.89. The summed E-state index contributed by atoms with van der Waals surface area (Å²) in [6.07, 6.45) is 9.32. The van der Waals surface area contributed by atoms with Crippen LogP contribution < -0.4 is 10.9 Å². The molecule has 1 aliphatic carbocycles. The molecule has 0 amide bonds. The lowest BCUT2D eigenvalue weighted by molar-refractivity contribution is 0.266. The topological polar surface area (TPSA) is 67.2 Å². The molecule has 0 atom stereocenters. The highest BCUT2D eigenvalue weighted by molar-refractivity contribution is 6.32. The standard InChI is InChI=1S/C14H22ClN3O2/c15-13-12(10-17-18(8-9-19)14(13)20)16-7-6-11-4-2-1-3-5-11/h10-11,16,19H,1-9H2. The molecule has 1 saturated carbocycles. The molecule has 0 unspecified atom stereocenters. The Morgan fingerprint density at radius 2 is 2.15 bits per heavy atom. The van der Waals surface area contributed by atoms with Crippen LogP contribution in [-0.4, -0.2) is 28.0 Å². The van der Waals surface area contributed by atoms with E-state index in [4.69, 9.17) is 16.7 Å². The smallest absolute Gasteiger partial charge is 0.287 e. The van der Waals surface area contributed by atoms with Crippen molar-refractivity contribution in [2.75, 3.05) is 18.5 Å². The summed E-state index contributed by atoms with van der Waals surface area (Å²) < 4.78 is 1.18. The lowest BCUT2D eigenvalue weighted by Gasteiger charge is -2.21. The number of aromatic nitrogens is 2. The first-order valence-corrected chi connectivity index (χ1v) is 7.70. The molecule has 1 aromatic heterocycles. The number of rotatable bonds is 6. The lowest BCUT2D eigenvalue weighted by atomic mass is 9.87. The van der Waals surface area contributed by atoms with Gasteiger partial charge in [-0.1, -0.05) is 43.7 Å². The van der Waals surface area contributed by atoms with Crippen molar-refractivity contribution in [3.63, 3.8) is 0 Å². The number of aliphatic hydroxyl groups is 1. The van der Waals surface area contributed by atoms with Crippen molar-refractivity contribution in [2.45, 2.75) is 45.1 Å². The fourth-order valence-corrected chi connectivity index (χ4v) is 2.94. The van der Waals surface area contributed by atoms with Crippen molar-refractivity contribution in [1.29, 1.82) is 0 Å². The minimum absolute atomic E-state index is 0.127. The van der Waals surface area contributed by atoms with Gasteiger partial charge >= 0.3 is 0 Å². The SMILES string of the molecule is O=c1c(Cl)c(NCCC2CCCCC2)cnn1CCO. The van der Waals surface area contributed by atoms with Gasteiger partial charge in [0.1, 0.15) is 5.02 Å². The number of hydrogen-bond donors (Lipinski definition) is 2. The molecule has 2 rings (SSSR count). The average molecular weight is 300 g/mol. The van der Waals surface area contributed by atoms with E-state index in [-0.39, 0.29) is 23.7 Å². The Morgan fingerprint density at radius 3 is 2.85 bits per heavy atom. The summed E-state index contributed by atoms with van der Waals surface area (Å²) in [6.45, 7) is 0.855. The van der Waals surface area contributed by atoms with Crippen molar-refractivity contribution >= 4 is 17.3 Å². The zero-order valence-corrected chi connectivity index (χ0v) is 12.4. The summed E-state index contributed by atoms with van der Waals surface area (Å²) in [5.41, 5.74) is 0.227. The molecule has 0 spiro atoms. The average Bonchev–Trinajstić information content (AvgIpc) is 2.48. The Labute approximate surface area is 124 Å². The Hall–Kier alpha value is -1.07. The molecular weight excluding hydrogens is 278 g/mol. The van der Waals surface area contributed by atoms with Gasteiger partial charge in [-0.25, -0.2) is 4.68 Å². The zero-order chi connectivity index (χ0) is 14.4. The first-order chi connectivity index (χ1) is 9.72. The van der Waals surface area contributed by atoms with Gasteiger partial charge in [0.15, 0.2) is 0 Å². The van der Waals surface area contributed by atoms with Crippen molar-refractivity contribution in [1.82, 2.24) is 9.78 Å². The third kappa shape index (κ3) is 3.96. The number of nitrogens with one attached hydrogen (secondary N) is 1. The van der Waals surface area contributed by atoms with E-state index < -0.39 is 0 Å². The van der Waals surface area contributed by atoms with Gasteiger partial charge in [-0.05, 0) is 12.3 Å². The van der Waals surface area contributed by atoms with Crippen molar-refractivity contribution in [2.24, 2.45) is 5.92 Å². The molecule has 0 radical (unpaired) electrons. The summed E-state index contributed by atoms with van der Waals surface area (Å²) >= 11 is 6.04. The van der Waals surface area contributed by atoms with E-state index in [1.807, 2.05) is 0 Å². The second kappa shape index (κ2) is 7.64. The minimum atomic E-state index is -0.358. The molecule has 1 aliphatic rings. The summed E-state index contributed by atoms with van der Waals surface area (Å²) in [5, 5.41) is 16.2. The molecule has 1 heterocycles. The Kier molecular flexibility index (Phi) is 5.86. The van der Waals surface area contributed by atoms with Crippen molar-refractivity contribution in [3.8, 4) is 0 Å². The van der Waals surface area contributed by atoms with Crippen LogP contribution in [0.3, 0.4) is 0 Å². The van der Waals surface area contributed by atoms with E-state index in [1.165, 1.54) is 36.8 Å². The molecular formula is C14H22ClN3O2. The molecule has 20 heavy (non-hydrogen) atoms. The summed E-state index contributed by atoms with van der Waals surface area (Å²) in [7, 11) is 0. The largest absolute Gasteiger partial charge is 0.394 e. The normalized spacial score (nSPS) is 16.3. The van der Waals surface area contributed by atoms with Crippen molar-refractivity contribution in [3.05, 3.63) is 21.6 Å². The van der Waals surface area contributed by atoms with Crippen LogP contribution in [0.15, 0.2) is 11.0 Å². The Balaban J connectivity index is 1.89. The van der Waals surface area contributed by atoms with Crippen LogP contribution in [0, 0.1) is 5.92 Å². The third-order valence-corrected chi connectivity index (χ3v) is 4.25. The van der Waals surface area contributed by atoms with Gasteiger partial charge in [0.05, 0.1) is 25.0 Å². The number of nitrogens with zero attached hydrogens (tertiary/aromatic N) is 2. The van der Waals surface area contributed by atoms with E-state index in [0.29, 0.717) is 5.69 Å². The number of halogens is 1. The summed E-state index contributed by atoms with van der Waals surface area (Å²) in [6, 6.07) is 0. The Morgan fingerprint density at radius 1 is 1.40 bits per heavy atom. The maximum atomic E-state index is 11.9. The highest BCUT2D eigenvalue weighted by atomic mass is 35.5. The summed E-state index contributed by atoms with van der Waals surface area (Å²) in [4.78, 5) is 11.9. The molecule has 2 N–H and O–H groups in total. The van der Waals surface area contributed by atoms with E-state index in [1.54, 1.807) is 6.20 Å². The van der Waals surface area contributed by atoms with Gasteiger partial charge in [-0.3, -0.25) is 4.79 Å². The first-order valence-electron chi connectivity index (χ1n) is 7.32. The molecule has 5 nitrogen and oxygen atoms in total. The predicted molar refractivity (Wildman–Crippen MR) is 80.3 cm³/mol. The van der Waals surface area contributed by atoms with Gasteiger partial charge in [-0.2, -0.15) is 5.10 Å². The number of hydrogen-bond acceptors (Lipinski definition) is 4. The van der Waals surface area contributed by atoms with Crippen LogP contribution in [0.4, 0.5) is 5.69 Å². The monoisotopic (exact) mass is 299 g/mol. The first kappa shape index (κ1) is 15.3. The van der Waals surface area contributed by atoms with Crippen LogP contribution in [0.1, 0.15) is 38.5 Å². The highest BCUT2D eigenvalue weighted by Gasteiger charge is 2.13. The summed E-state index contributed by atoms with van der Waals surface area (Å²) in [5.74, 6) is 0.790. The fourth-order valence-electron chi connectivity index (χ4n) is 2.73. The van der Waals surface area contributed by atoms with Crippen molar-refractivity contribution < 1.29 is 5.11 Å². The van der Waals surface area contributed by atoms with Gasteiger partial charge in [0.25, 0.3) is 5.56 Å². The van der Waals surface area contributed by atoms with E-state index in [0.717, 1.165) is 18.9 Å². The lowest BCUT2D eigenvalue weighted by Crippen LogP contribution is -2.26. The van der Waals surface area contributed by atoms with Crippen LogP contribution in [0.2, 0.25) is 5.02 Å². The fraction of sp³-hybridized carbons (Fsp3) is 0.714. The molecule has 0 aromatic carbocycles. The predicted octanol–water partition coefficient (Wildman–Crippen LogP) is 2.27. The second-order valence-electron chi connectivity index (χ2n) is 5.34. The van der Waals surface area contributed by atoms with E-state index >= 15 is 0 Å². The number of anilines is 1. The van der Waals surface area contributed by atoms with Gasteiger partial charge in [0.2, 0.25) is 0 Å². The number of aliphatic hydroxyl groups excluding tert-OH is 1. The molecule has 1 aromatic rings. The quantitative estimate of drug-likeness (QED) is 0.845. The molecule has 6 heteroatoms. The zero-order valence-electron chi connectivity index (χ0n) is 11.6. The second-order valence-corrected chi connectivity index (χ2v) is 5.72. The van der Waals surface area contributed by atoms with Crippen LogP contribution in [0.5, 0.6) is 0 Å². The van der Waals surface area contributed by atoms with Gasteiger partial charge in [-0.15, -0.1) is 0 Å². The minimum Gasteiger partial charge on any atom is -0.394 e. The van der Waals surface area contributed by atoms with Crippen LogP contribution >= 0.6 is 11.6 Å². The van der Waals surface area contributed by atoms with Gasteiger partial charge < -0.3 is 10.4 Å². The molecule has 0 bridgehead atoms. The van der Waals surface area contributed by atoms with Crippen LogP contribution in [-0.2, 0) is 6.54 Å². The molecule has 112 valence electrons. The van der Waals surface area contributed by atoms with E-state index in [9.17, 15) is 4.79 Å². The maximum Gasteiger partial charge on any atom is 0.287 e. The highest BCUT2D eigenvalue weighted by Crippen LogP contribution is 2.26. The van der Waals surface area contributed by atoms with E-state index in [2.05, 4.69) is 10.4 Å². The Bertz CT molecular complexity index is 484. The molecule has 1 fully saturated rings. The molecule has 0 aliphatic heterocycles. The van der Waals surface area contributed by atoms with Gasteiger partial charge in [0, 0.05) is 6.54 Å². The van der Waals surface area contributed by atoms with Crippen LogP contribution in [0.25, 0.3) is 0 Å².